The molecule has 4 nitrogen and oxygen atoms in total. The number of hydrogen-bond donors (Lipinski definition) is 0. The van der Waals surface area contributed by atoms with Crippen LogP contribution in [0.15, 0.2) is 30.5 Å². The zero-order chi connectivity index (χ0) is 19.9. The molecule has 1 saturated heterocycles. The van der Waals surface area contributed by atoms with E-state index in [4.69, 9.17) is 0 Å². The first-order chi connectivity index (χ1) is 13.3. The van der Waals surface area contributed by atoms with Crippen molar-refractivity contribution >= 4 is 0 Å². The number of alkyl halides is 3. The number of fused-ring (bicyclic) bond motifs is 1. The second-order valence-electron chi connectivity index (χ2n) is 8.01. The average Bonchev–Trinajstić information content (AvgIpc) is 2.93. The third kappa shape index (κ3) is 4.35. The van der Waals surface area contributed by atoms with Crippen LogP contribution in [0.2, 0.25) is 0 Å². The number of aromatic nitrogens is 2. The van der Waals surface area contributed by atoms with E-state index in [2.05, 4.69) is 34.8 Å². The Morgan fingerprint density at radius 1 is 1.21 bits per heavy atom. The van der Waals surface area contributed by atoms with Crippen molar-refractivity contribution in [2.45, 2.75) is 46.1 Å². The SMILES string of the molecule is CCn1cc(CN2CC3C(CCc4cccc(OC(F)(F)F)c4)C3C2)c(C)n1. The molecule has 7 heteroatoms. The van der Waals surface area contributed by atoms with E-state index in [9.17, 15) is 13.2 Å². The fourth-order valence-corrected chi connectivity index (χ4v) is 4.64. The monoisotopic (exact) mass is 393 g/mol. The number of hydrogen-bond acceptors (Lipinski definition) is 3. The molecule has 0 spiro atoms. The first-order valence-electron chi connectivity index (χ1n) is 9.92. The fourth-order valence-electron chi connectivity index (χ4n) is 4.64. The highest BCUT2D eigenvalue weighted by Crippen LogP contribution is 2.54. The van der Waals surface area contributed by atoms with Gasteiger partial charge in [0.15, 0.2) is 0 Å². The molecule has 28 heavy (non-hydrogen) atoms. The van der Waals surface area contributed by atoms with E-state index in [-0.39, 0.29) is 5.75 Å². The van der Waals surface area contributed by atoms with Crippen LogP contribution in [-0.2, 0) is 19.5 Å². The number of aryl methyl sites for hydroxylation is 3. The summed E-state index contributed by atoms with van der Waals surface area (Å²) in [6.45, 7) is 8.24. The Kier molecular flexibility index (Phi) is 5.12. The molecule has 2 atom stereocenters. The molecule has 0 N–H and O–H groups in total. The van der Waals surface area contributed by atoms with Gasteiger partial charge in [-0.15, -0.1) is 13.2 Å². The highest BCUT2D eigenvalue weighted by atomic mass is 19.4. The maximum absolute atomic E-state index is 12.4. The van der Waals surface area contributed by atoms with Crippen molar-refractivity contribution in [3.05, 3.63) is 47.3 Å². The molecule has 1 saturated carbocycles. The van der Waals surface area contributed by atoms with Crippen LogP contribution < -0.4 is 4.74 Å². The third-order valence-corrected chi connectivity index (χ3v) is 6.11. The number of ether oxygens (including phenoxy) is 1. The van der Waals surface area contributed by atoms with Crippen molar-refractivity contribution < 1.29 is 17.9 Å². The van der Waals surface area contributed by atoms with Gasteiger partial charge in [0.05, 0.1) is 5.69 Å². The minimum absolute atomic E-state index is 0.129. The van der Waals surface area contributed by atoms with Crippen molar-refractivity contribution in [1.29, 1.82) is 0 Å². The van der Waals surface area contributed by atoms with Crippen molar-refractivity contribution in [2.75, 3.05) is 13.1 Å². The maximum Gasteiger partial charge on any atom is 0.573 e. The summed E-state index contributed by atoms with van der Waals surface area (Å²) in [5, 5.41) is 4.52. The van der Waals surface area contributed by atoms with Gasteiger partial charge in [0, 0.05) is 37.9 Å². The van der Waals surface area contributed by atoms with Crippen molar-refractivity contribution in [2.24, 2.45) is 17.8 Å². The molecular formula is C21H26F3N3O. The summed E-state index contributed by atoms with van der Waals surface area (Å²) in [6.07, 6.45) is -0.658. The smallest absolute Gasteiger partial charge is 0.406 e. The van der Waals surface area contributed by atoms with E-state index < -0.39 is 6.36 Å². The lowest BCUT2D eigenvalue weighted by molar-refractivity contribution is -0.274. The fraction of sp³-hybridized carbons (Fsp3) is 0.571. The average molecular weight is 393 g/mol. The summed E-state index contributed by atoms with van der Waals surface area (Å²) in [7, 11) is 0. The number of benzene rings is 1. The molecular weight excluding hydrogens is 367 g/mol. The summed E-state index contributed by atoms with van der Waals surface area (Å²) in [4.78, 5) is 2.51. The lowest BCUT2D eigenvalue weighted by atomic mass is 10.0. The number of rotatable bonds is 7. The van der Waals surface area contributed by atoms with Gasteiger partial charge in [-0.25, -0.2) is 0 Å². The number of halogens is 3. The Bertz CT molecular complexity index is 821. The third-order valence-electron chi connectivity index (χ3n) is 6.11. The highest BCUT2D eigenvalue weighted by Gasteiger charge is 2.54. The first kappa shape index (κ1) is 19.3. The molecule has 2 aliphatic rings. The molecule has 152 valence electrons. The minimum atomic E-state index is -4.64. The molecule has 4 rings (SSSR count). The number of piperidine rings is 1. The van der Waals surface area contributed by atoms with Gasteiger partial charge in [-0.1, -0.05) is 12.1 Å². The standard InChI is InChI=1S/C21H26F3N3O/c1-3-27-11-16(14(2)25-27)10-26-12-19-18(20(19)13-26)8-7-15-5-4-6-17(9-15)28-21(22,23)24/h4-6,9,11,18-20H,3,7-8,10,12-13H2,1-2H3. The Hall–Kier alpha value is -2.02. The van der Waals surface area contributed by atoms with Crippen LogP contribution in [0.1, 0.15) is 30.2 Å². The van der Waals surface area contributed by atoms with Crippen LogP contribution in [0.4, 0.5) is 13.2 Å². The Balaban J connectivity index is 1.24. The van der Waals surface area contributed by atoms with E-state index in [1.165, 1.54) is 17.7 Å². The number of likely N-dealkylation sites (tertiary alicyclic amines) is 1. The molecule has 1 aliphatic heterocycles. The second kappa shape index (κ2) is 7.43. The van der Waals surface area contributed by atoms with Gasteiger partial charge in [0.2, 0.25) is 0 Å². The summed E-state index contributed by atoms with van der Waals surface area (Å²) in [5.41, 5.74) is 3.33. The molecule has 1 aromatic heterocycles. The normalized spacial score (nSPS) is 24.4. The molecule has 2 fully saturated rings. The molecule has 0 radical (unpaired) electrons. The Morgan fingerprint density at radius 2 is 1.96 bits per heavy atom. The zero-order valence-electron chi connectivity index (χ0n) is 16.2. The predicted molar refractivity (Wildman–Crippen MR) is 99.8 cm³/mol. The Labute approximate surface area is 163 Å². The van der Waals surface area contributed by atoms with Crippen LogP contribution in [-0.4, -0.2) is 34.1 Å². The predicted octanol–water partition coefficient (Wildman–Crippen LogP) is 4.42. The summed E-state index contributed by atoms with van der Waals surface area (Å²) in [5.74, 6) is 2.03. The van der Waals surface area contributed by atoms with E-state index in [0.717, 1.165) is 62.1 Å². The van der Waals surface area contributed by atoms with Gasteiger partial charge >= 0.3 is 6.36 Å². The molecule has 0 amide bonds. The lowest BCUT2D eigenvalue weighted by Gasteiger charge is -2.19. The van der Waals surface area contributed by atoms with Crippen LogP contribution in [0.3, 0.4) is 0 Å². The van der Waals surface area contributed by atoms with E-state index >= 15 is 0 Å². The Morgan fingerprint density at radius 3 is 2.61 bits per heavy atom. The van der Waals surface area contributed by atoms with Crippen molar-refractivity contribution in [3.63, 3.8) is 0 Å². The molecule has 1 aliphatic carbocycles. The van der Waals surface area contributed by atoms with Crippen molar-refractivity contribution in [3.8, 4) is 5.75 Å². The minimum Gasteiger partial charge on any atom is -0.406 e. The zero-order valence-corrected chi connectivity index (χ0v) is 16.2. The van der Waals surface area contributed by atoms with Crippen molar-refractivity contribution in [1.82, 2.24) is 14.7 Å². The quantitative estimate of drug-likeness (QED) is 0.698. The lowest BCUT2D eigenvalue weighted by Crippen LogP contribution is -2.24. The number of nitrogens with zero attached hydrogens (tertiary/aromatic N) is 3. The highest BCUT2D eigenvalue weighted by molar-refractivity contribution is 5.29. The topological polar surface area (TPSA) is 30.3 Å². The van der Waals surface area contributed by atoms with Gasteiger partial charge < -0.3 is 4.74 Å². The summed E-state index contributed by atoms with van der Waals surface area (Å²) < 4.78 is 43.1. The van der Waals surface area contributed by atoms with Crippen LogP contribution in [0.5, 0.6) is 5.75 Å². The largest absolute Gasteiger partial charge is 0.573 e. The van der Waals surface area contributed by atoms with Crippen LogP contribution >= 0.6 is 0 Å². The van der Waals surface area contributed by atoms with Gasteiger partial charge in [0.1, 0.15) is 5.75 Å². The first-order valence-corrected chi connectivity index (χ1v) is 9.92. The molecule has 2 aromatic rings. The maximum atomic E-state index is 12.4. The second-order valence-corrected chi connectivity index (χ2v) is 8.01. The van der Waals surface area contributed by atoms with Crippen LogP contribution in [0, 0.1) is 24.7 Å². The van der Waals surface area contributed by atoms with E-state index in [1.54, 1.807) is 6.07 Å². The van der Waals surface area contributed by atoms with Gasteiger partial charge in [-0.05, 0) is 62.1 Å². The van der Waals surface area contributed by atoms with E-state index in [0.29, 0.717) is 5.92 Å². The van der Waals surface area contributed by atoms with Gasteiger partial charge in [-0.3, -0.25) is 9.58 Å². The summed E-state index contributed by atoms with van der Waals surface area (Å²) in [6, 6.07) is 6.36. The molecule has 0 bridgehead atoms. The van der Waals surface area contributed by atoms with Gasteiger partial charge in [-0.2, -0.15) is 5.10 Å². The molecule has 1 aromatic carbocycles. The van der Waals surface area contributed by atoms with Gasteiger partial charge in [0.25, 0.3) is 0 Å². The molecule has 2 heterocycles. The van der Waals surface area contributed by atoms with Crippen LogP contribution in [0.25, 0.3) is 0 Å². The molecule has 2 unspecified atom stereocenters. The summed E-state index contributed by atoms with van der Waals surface area (Å²) >= 11 is 0. The van der Waals surface area contributed by atoms with E-state index in [1.807, 2.05) is 10.7 Å².